The molecule has 34 heavy (non-hydrogen) atoms. The lowest BCUT2D eigenvalue weighted by atomic mass is 9.65. The molecular formula is C30H32N2O2. The Morgan fingerprint density at radius 3 is 2.41 bits per heavy atom. The molecule has 0 aromatic heterocycles. The summed E-state index contributed by atoms with van der Waals surface area (Å²) in [4.78, 5) is 28.6. The highest BCUT2D eigenvalue weighted by Crippen LogP contribution is 2.52. The van der Waals surface area contributed by atoms with Gasteiger partial charge in [-0.15, -0.1) is 0 Å². The van der Waals surface area contributed by atoms with Gasteiger partial charge in [-0.1, -0.05) is 45.0 Å². The van der Waals surface area contributed by atoms with Crippen LogP contribution < -0.4 is 5.32 Å². The van der Waals surface area contributed by atoms with Crippen molar-refractivity contribution in [3.05, 3.63) is 76.9 Å². The van der Waals surface area contributed by atoms with Crippen molar-refractivity contribution in [3.8, 4) is 0 Å². The number of benzene rings is 3. The van der Waals surface area contributed by atoms with Crippen molar-refractivity contribution in [3.63, 3.8) is 0 Å². The van der Waals surface area contributed by atoms with Gasteiger partial charge in [0, 0.05) is 29.4 Å². The van der Waals surface area contributed by atoms with Gasteiger partial charge in [-0.2, -0.15) is 0 Å². The standard InChI is InChI=1S/C30H32N2O2/c1-29(2)15-23-16-30(3,17-29)18-32(23)28(34)21-9-12-22(13-10-21)31-27(33)25-14-11-20-8-7-19-5-4-6-24(25)26(19)20/h4-6,9-14,23H,7-8,15-18H2,1-3H3,(H,31,33)/t23-,30+/m1/s1. The van der Waals surface area contributed by atoms with Crippen LogP contribution in [0.15, 0.2) is 54.6 Å². The largest absolute Gasteiger partial charge is 0.335 e. The zero-order chi connectivity index (χ0) is 23.7. The first kappa shape index (κ1) is 21.4. The summed E-state index contributed by atoms with van der Waals surface area (Å²) in [6, 6.07) is 18.0. The van der Waals surface area contributed by atoms with Crippen molar-refractivity contribution in [2.75, 3.05) is 11.9 Å². The third-order valence-corrected chi connectivity index (χ3v) is 8.19. The minimum atomic E-state index is -0.113. The summed E-state index contributed by atoms with van der Waals surface area (Å²) in [7, 11) is 0. The van der Waals surface area contributed by atoms with E-state index in [1.54, 1.807) is 0 Å². The van der Waals surface area contributed by atoms with E-state index in [-0.39, 0.29) is 22.6 Å². The first-order valence-electron chi connectivity index (χ1n) is 12.5. The van der Waals surface area contributed by atoms with Gasteiger partial charge in [0.1, 0.15) is 0 Å². The minimum absolute atomic E-state index is 0.108. The molecule has 3 aromatic rings. The lowest BCUT2D eigenvalue weighted by Gasteiger charge is -2.39. The number of hydrogen-bond donors (Lipinski definition) is 1. The van der Waals surface area contributed by atoms with E-state index < -0.39 is 0 Å². The van der Waals surface area contributed by atoms with Gasteiger partial charge in [0.05, 0.1) is 0 Å². The zero-order valence-electron chi connectivity index (χ0n) is 20.3. The van der Waals surface area contributed by atoms with E-state index in [1.165, 1.54) is 22.9 Å². The molecule has 2 atom stereocenters. The van der Waals surface area contributed by atoms with Crippen LogP contribution in [-0.4, -0.2) is 29.3 Å². The van der Waals surface area contributed by atoms with Crippen LogP contribution in [0.1, 0.15) is 71.9 Å². The average molecular weight is 453 g/mol. The van der Waals surface area contributed by atoms with E-state index in [0.29, 0.717) is 22.9 Å². The Balaban J connectivity index is 1.20. The van der Waals surface area contributed by atoms with Crippen molar-refractivity contribution in [1.29, 1.82) is 0 Å². The van der Waals surface area contributed by atoms with Gasteiger partial charge in [0.15, 0.2) is 0 Å². The Morgan fingerprint density at radius 2 is 1.65 bits per heavy atom. The molecular weight excluding hydrogens is 420 g/mol. The van der Waals surface area contributed by atoms with E-state index in [9.17, 15) is 9.59 Å². The van der Waals surface area contributed by atoms with Crippen LogP contribution in [0, 0.1) is 10.8 Å². The van der Waals surface area contributed by atoms with Crippen LogP contribution in [-0.2, 0) is 12.8 Å². The molecule has 0 unspecified atom stereocenters. The Hall–Kier alpha value is -3.14. The number of amides is 2. The number of likely N-dealkylation sites (tertiary alicyclic amines) is 1. The highest BCUT2D eigenvalue weighted by Gasteiger charge is 2.51. The molecule has 0 spiro atoms. The van der Waals surface area contributed by atoms with E-state index in [2.05, 4.69) is 43.1 Å². The molecule has 174 valence electrons. The Kier molecular flexibility index (Phi) is 4.68. The van der Waals surface area contributed by atoms with E-state index in [1.807, 2.05) is 42.5 Å². The maximum atomic E-state index is 13.4. The molecule has 1 heterocycles. The summed E-state index contributed by atoms with van der Waals surface area (Å²) in [5.41, 5.74) is 5.25. The second-order valence-electron chi connectivity index (χ2n) is 11.8. The molecule has 2 amide bonds. The first-order chi connectivity index (χ1) is 16.2. The fourth-order valence-corrected chi connectivity index (χ4v) is 7.20. The van der Waals surface area contributed by atoms with Gasteiger partial charge in [0.25, 0.3) is 11.8 Å². The molecule has 6 rings (SSSR count). The first-order valence-corrected chi connectivity index (χ1v) is 12.5. The highest BCUT2D eigenvalue weighted by atomic mass is 16.2. The summed E-state index contributed by atoms with van der Waals surface area (Å²) < 4.78 is 0. The van der Waals surface area contributed by atoms with Crippen molar-refractivity contribution in [2.24, 2.45) is 10.8 Å². The molecule has 4 heteroatoms. The molecule has 3 aliphatic rings. The summed E-state index contributed by atoms with van der Waals surface area (Å²) in [5, 5.41) is 5.30. The zero-order valence-corrected chi connectivity index (χ0v) is 20.3. The molecule has 1 saturated carbocycles. The molecule has 2 bridgehead atoms. The molecule has 4 nitrogen and oxygen atoms in total. The van der Waals surface area contributed by atoms with Gasteiger partial charge in [-0.05, 0) is 95.2 Å². The number of carbonyl (C=O) groups is 2. The van der Waals surface area contributed by atoms with Gasteiger partial charge < -0.3 is 10.2 Å². The summed E-state index contributed by atoms with van der Waals surface area (Å²) >= 11 is 0. The maximum absolute atomic E-state index is 13.4. The molecule has 2 aliphatic carbocycles. The number of fused-ring (bicyclic) bond motifs is 2. The Bertz CT molecular complexity index is 1310. The number of nitrogens with one attached hydrogen (secondary N) is 1. The van der Waals surface area contributed by atoms with Crippen LogP contribution in [0.4, 0.5) is 5.69 Å². The summed E-state index contributed by atoms with van der Waals surface area (Å²) in [6.07, 6.45) is 5.42. The summed E-state index contributed by atoms with van der Waals surface area (Å²) in [5.74, 6) is -0.00465. The molecule has 3 aromatic carbocycles. The monoisotopic (exact) mass is 452 g/mol. The van der Waals surface area contributed by atoms with Crippen LogP contribution in [0.25, 0.3) is 10.8 Å². The van der Waals surface area contributed by atoms with Crippen LogP contribution >= 0.6 is 0 Å². The van der Waals surface area contributed by atoms with Crippen molar-refractivity contribution < 1.29 is 9.59 Å². The lowest BCUT2D eigenvalue weighted by Crippen LogP contribution is -2.37. The number of rotatable bonds is 3. The lowest BCUT2D eigenvalue weighted by molar-refractivity contribution is 0.0708. The molecule has 1 aliphatic heterocycles. The van der Waals surface area contributed by atoms with E-state index in [0.717, 1.165) is 37.6 Å². The summed E-state index contributed by atoms with van der Waals surface area (Å²) in [6.45, 7) is 7.81. The normalized spacial score (nSPS) is 24.4. The molecule has 1 N–H and O–H groups in total. The third kappa shape index (κ3) is 3.51. The minimum Gasteiger partial charge on any atom is -0.335 e. The predicted octanol–water partition coefficient (Wildman–Crippen LogP) is 6.23. The Morgan fingerprint density at radius 1 is 0.912 bits per heavy atom. The van der Waals surface area contributed by atoms with Crippen LogP contribution in [0.5, 0.6) is 0 Å². The number of nitrogens with zero attached hydrogens (tertiary/aromatic N) is 1. The van der Waals surface area contributed by atoms with Crippen LogP contribution in [0.2, 0.25) is 0 Å². The van der Waals surface area contributed by atoms with Crippen molar-refractivity contribution >= 4 is 28.3 Å². The molecule has 2 fully saturated rings. The highest BCUT2D eigenvalue weighted by molar-refractivity contribution is 6.14. The maximum Gasteiger partial charge on any atom is 0.256 e. The van der Waals surface area contributed by atoms with Gasteiger partial charge in [-0.3, -0.25) is 9.59 Å². The SMILES string of the molecule is CC1(C)C[C@@H]2C[C@](C)(CN2C(=O)c2ccc(NC(=O)c3ccc4c5c(cccc35)CC4)cc2)C1. The van der Waals surface area contributed by atoms with E-state index >= 15 is 0 Å². The van der Waals surface area contributed by atoms with Gasteiger partial charge >= 0.3 is 0 Å². The van der Waals surface area contributed by atoms with Gasteiger partial charge in [0.2, 0.25) is 0 Å². The number of carbonyl (C=O) groups excluding carboxylic acids is 2. The fourth-order valence-electron chi connectivity index (χ4n) is 7.20. The van der Waals surface area contributed by atoms with Crippen molar-refractivity contribution in [1.82, 2.24) is 4.90 Å². The predicted molar refractivity (Wildman–Crippen MR) is 136 cm³/mol. The number of hydrogen-bond acceptors (Lipinski definition) is 2. The van der Waals surface area contributed by atoms with Crippen molar-refractivity contribution in [2.45, 2.75) is 58.9 Å². The quantitative estimate of drug-likeness (QED) is 0.512. The number of aryl methyl sites for hydroxylation is 2. The second kappa shape index (κ2) is 7.43. The number of anilines is 1. The third-order valence-electron chi connectivity index (χ3n) is 8.19. The average Bonchev–Trinajstić information content (AvgIpc) is 3.32. The Labute approximate surface area is 201 Å². The second-order valence-corrected chi connectivity index (χ2v) is 11.8. The fraction of sp³-hybridized carbons (Fsp3) is 0.400. The van der Waals surface area contributed by atoms with E-state index in [4.69, 9.17) is 0 Å². The molecule has 1 saturated heterocycles. The van der Waals surface area contributed by atoms with Crippen LogP contribution in [0.3, 0.4) is 0 Å². The van der Waals surface area contributed by atoms with Gasteiger partial charge in [-0.25, -0.2) is 0 Å². The molecule has 0 radical (unpaired) electrons. The smallest absolute Gasteiger partial charge is 0.256 e. The topological polar surface area (TPSA) is 49.4 Å².